The van der Waals surface area contributed by atoms with Crippen molar-refractivity contribution < 1.29 is 4.52 Å². The van der Waals surface area contributed by atoms with Gasteiger partial charge in [0.15, 0.2) is 0 Å². The van der Waals surface area contributed by atoms with Gasteiger partial charge in [-0.15, -0.1) is 0 Å². The molecule has 0 N–H and O–H groups in total. The Kier molecular flexibility index (Phi) is 3.63. The van der Waals surface area contributed by atoms with Crippen molar-refractivity contribution in [1.82, 2.24) is 19.9 Å². The molecule has 0 spiro atoms. The van der Waals surface area contributed by atoms with Gasteiger partial charge < -0.3 is 4.52 Å². The first-order chi connectivity index (χ1) is 11.7. The first-order valence-corrected chi connectivity index (χ1v) is 7.77. The minimum absolute atomic E-state index is 0.404. The molecule has 0 atom stereocenters. The molecule has 5 nitrogen and oxygen atoms in total. The van der Waals surface area contributed by atoms with Gasteiger partial charge in [-0.25, -0.2) is 0 Å². The third-order valence-electron chi connectivity index (χ3n) is 3.77. The largest absolute Gasteiger partial charge is 0.334 e. The fraction of sp³-hybridized carbons (Fsp3) is 0.0556. The topological polar surface area (TPSA) is 56.7 Å². The summed E-state index contributed by atoms with van der Waals surface area (Å²) in [6.07, 6.45) is 1.77. The van der Waals surface area contributed by atoms with E-state index in [2.05, 4.69) is 15.2 Å². The Labute approximate surface area is 143 Å². The number of benzene rings is 2. The molecule has 0 fully saturated rings. The predicted molar refractivity (Wildman–Crippen MR) is 92.4 cm³/mol. The van der Waals surface area contributed by atoms with Gasteiger partial charge in [-0.3, -0.25) is 4.68 Å². The first kappa shape index (κ1) is 14.7. The Morgan fingerprint density at radius 2 is 1.83 bits per heavy atom. The monoisotopic (exact) mass is 336 g/mol. The van der Waals surface area contributed by atoms with Crippen LogP contribution >= 0.6 is 11.6 Å². The molecule has 4 aromatic rings. The van der Waals surface area contributed by atoms with E-state index in [0.29, 0.717) is 16.7 Å². The van der Waals surface area contributed by atoms with Crippen molar-refractivity contribution in [3.05, 3.63) is 65.8 Å². The highest BCUT2D eigenvalue weighted by Crippen LogP contribution is 2.29. The lowest BCUT2D eigenvalue weighted by Gasteiger charge is -2.03. The Balaban J connectivity index is 1.73. The molecule has 2 aromatic heterocycles. The average molecular weight is 337 g/mol. The fourth-order valence-corrected chi connectivity index (χ4v) is 2.78. The van der Waals surface area contributed by atoms with Crippen LogP contribution in [-0.2, 0) is 7.05 Å². The van der Waals surface area contributed by atoms with Crippen LogP contribution in [0, 0.1) is 0 Å². The van der Waals surface area contributed by atoms with Gasteiger partial charge in [0.25, 0.3) is 5.89 Å². The van der Waals surface area contributed by atoms with E-state index in [1.807, 2.05) is 60.3 Å². The van der Waals surface area contributed by atoms with E-state index in [-0.39, 0.29) is 0 Å². The van der Waals surface area contributed by atoms with E-state index >= 15 is 0 Å². The van der Waals surface area contributed by atoms with E-state index < -0.39 is 0 Å². The zero-order chi connectivity index (χ0) is 16.5. The highest BCUT2D eigenvalue weighted by Gasteiger charge is 2.14. The summed E-state index contributed by atoms with van der Waals surface area (Å²) in [6, 6.07) is 17.3. The van der Waals surface area contributed by atoms with Gasteiger partial charge in [-0.2, -0.15) is 10.1 Å². The van der Waals surface area contributed by atoms with Crippen LogP contribution in [-0.4, -0.2) is 19.9 Å². The van der Waals surface area contributed by atoms with Gasteiger partial charge in [-0.1, -0.05) is 47.1 Å². The third kappa shape index (κ3) is 2.59. The SMILES string of the molecule is Cn1nccc1-c1cccc(-c2noc(-c3ccccc3Cl)n2)c1. The van der Waals surface area contributed by atoms with Crippen LogP contribution in [0.5, 0.6) is 0 Å². The summed E-state index contributed by atoms with van der Waals surface area (Å²) in [5.74, 6) is 0.926. The van der Waals surface area contributed by atoms with Crippen LogP contribution in [0.25, 0.3) is 34.1 Å². The predicted octanol–water partition coefficient (Wildman–Crippen LogP) is 4.46. The van der Waals surface area contributed by atoms with Crippen molar-refractivity contribution in [2.24, 2.45) is 7.05 Å². The first-order valence-electron chi connectivity index (χ1n) is 7.40. The van der Waals surface area contributed by atoms with Crippen LogP contribution < -0.4 is 0 Å². The molecule has 2 heterocycles. The average Bonchev–Trinajstić information content (AvgIpc) is 3.24. The number of hydrogen-bond donors (Lipinski definition) is 0. The Morgan fingerprint density at radius 3 is 2.62 bits per heavy atom. The number of halogens is 1. The molecule has 0 saturated heterocycles. The summed E-state index contributed by atoms with van der Waals surface area (Å²) < 4.78 is 7.20. The van der Waals surface area contributed by atoms with Crippen LogP contribution in [0.3, 0.4) is 0 Å². The molecule has 6 heteroatoms. The van der Waals surface area contributed by atoms with E-state index in [1.54, 1.807) is 12.3 Å². The minimum atomic E-state index is 0.404. The molecule has 0 aliphatic carbocycles. The molecule has 24 heavy (non-hydrogen) atoms. The zero-order valence-corrected chi connectivity index (χ0v) is 13.6. The maximum Gasteiger partial charge on any atom is 0.259 e. The molecule has 0 saturated carbocycles. The lowest BCUT2D eigenvalue weighted by molar-refractivity contribution is 0.432. The van der Waals surface area contributed by atoms with Gasteiger partial charge in [0.2, 0.25) is 5.82 Å². The summed E-state index contributed by atoms with van der Waals surface area (Å²) in [6.45, 7) is 0. The number of hydrogen-bond acceptors (Lipinski definition) is 4. The van der Waals surface area contributed by atoms with Gasteiger partial charge in [-0.05, 0) is 24.3 Å². The smallest absolute Gasteiger partial charge is 0.259 e. The van der Waals surface area contributed by atoms with Gasteiger partial charge >= 0.3 is 0 Å². The quantitative estimate of drug-likeness (QED) is 0.554. The Bertz CT molecular complexity index is 1010. The summed E-state index contributed by atoms with van der Waals surface area (Å²) in [5.41, 5.74) is 3.65. The van der Waals surface area contributed by atoms with Crippen LogP contribution in [0.4, 0.5) is 0 Å². The molecule has 0 unspecified atom stereocenters. The standard InChI is InChI=1S/C18H13ClN4O/c1-23-16(9-10-20-23)12-5-4-6-13(11-12)17-21-18(24-22-17)14-7-2-3-8-15(14)19/h2-11H,1H3. The molecule has 4 rings (SSSR count). The number of rotatable bonds is 3. The summed E-state index contributed by atoms with van der Waals surface area (Å²) >= 11 is 6.19. The van der Waals surface area contributed by atoms with Crippen LogP contribution in [0.1, 0.15) is 0 Å². The maximum atomic E-state index is 6.19. The third-order valence-corrected chi connectivity index (χ3v) is 4.10. The molecule has 0 radical (unpaired) electrons. The van der Waals surface area contributed by atoms with Gasteiger partial charge in [0.1, 0.15) is 0 Å². The lowest BCUT2D eigenvalue weighted by Crippen LogP contribution is -1.93. The number of nitrogens with zero attached hydrogens (tertiary/aromatic N) is 4. The van der Waals surface area contributed by atoms with E-state index in [4.69, 9.17) is 16.1 Å². The fourth-order valence-electron chi connectivity index (χ4n) is 2.56. The summed E-state index contributed by atoms with van der Waals surface area (Å²) in [5, 5.41) is 8.86. The van der Waals surface area contributed by atoms with Crippen molar-refractivity contribution in [3.63, 3.8) is 0 Å². The number of aromatic nitrogens is 4. The minimum Gasteiger partial charge on any atom is -0.334 e. The summed E-state index contributed by atoms with van der Waals surface area (Å²) in [4.78, 5) is 4.47. The molecule has 2 aromatic carbocycles. The highest BCUT2D eigenvalue weighted by molar-refractivity contribution is 6.33. The van der Waals surface area contributed by atoms with Gasteiger partial charge in [0, 0.05) is 24.4 Å². The second-order valence-corrected chi connectivity index (χ2v) is 5.73. The summed E-state index contributed by atoms with van der Waals surface area (Å²) in [7, 11) is 1.91. The van der Waals surface area contributed by atoms with E-state index in [1.165, 1.54) is 0 Å². The van der Waals surface area contributed by atoms with Gasteiger partial charge in [0.05, 0.1) is 16.3 Å². The van der Waals surface area contributed by atoms with Crippen molar-refractivity contribution >= 4 is 11.6 Å². The molecule has 118 valence electrons. The molecule has 0 bridgehead atoms. The second kappa shape index (κ2) is 5.94. The van der Waals surface area contributed by atoms with Crippen molar-refractivity contribution in [2.45, 2.75) is 0 Å². The normalized spacial score (nSPS) is 10.9. The molecule has 0 amide bonds. The molecule has 0 aliphatic rings. The van der Waals surface area contributed by atoms with E-state index in [0.717, 1.165) is 22.4 Å². The molecule has 0 aliphatic heterocycles. The molecular weight excluding hydrogens is 324 g/mol. The maximum absolute atomic E-state index is 6.19. The van der Waals surface area contributed by atoms with E-state index in [9.17, 15) is 0 Å². The molecular formula is C18H13ClN4O. The van der Waals surface area contributed by atoms with Crippen molar-refractivity contribution in [2.75, 3.05) is 0 Å². The Hall–Kier alpha value is -2.92. The lowest BCUT2D eigenvalue weighted by atomic mass is 10.1. The number of aryl methyl sites for hydroxylation is 1. The van der Waals surface area contributed by atoms with Crippen LogP contribution in [0.2, 0.25) is 5.02 Å². The Morgan fingerprint density at radius 1 is 1.00 bits per heavy atom. The second-order valence-electron chi connectivity index (χ2n) is 5.32. The van der Waals surface area contributed by atoms with Crippen molar-refractivity contribution in [3.8, 4) is 34.1 Å². The van der Waals surface area contributed by atoms with Crippen molar-refractivity contribution in [1.29, 1.82) is 0 Å². The zero-order valence-electron chi connectivity index (χ0n) is 12.8. The highest BCUT2D eigenvalue weighted by atomic mass is 35.5. The van der Waals surface area contributed by atoms with Crippen LogP contribution in [0.15, 0.2) is 65.3 Å².